The predicted octanol–water partition coefficient (Wildman–Crippen LogP) is 3.17. The van der Waals surface area contributed by atoms with Crippen molar-refractivity contribution in [3.63, 3.8) is 0 Å². The standard InChI is InChI=1S/C18H21BrN4O2/c1-25-13-5-6-15(19)14(11-13)18(24)21-12-16-20-8-7-17(22-16)23-9-3-2-4-10-23/h5-8,11H,2-4,9-10,12H2,1H3,(H,21,24). The van der Waals surface area contributed by atoms with Crippen LogP contribution in [0.15, 0.2) is 34.9 Å². The summed E-state index contributed by atoms with van der Waals surface area (Å²) in [4.78, 5) is 23.6. The first-order valence-corrected chi connectivity index (χ1v) is 9.15. The lowest BCUT2D eigenvalue weighted by molar-refractivity contribution is 0.0948. The zero-order chi connectivity index (χ0) is 17.6. The second-order valence-electron chi connectivity index (χ2n) is 5.91. The van der Waals surface area contributed by atoms with Crippen LogP contribution in [0.5, 0.6) is 5.75 Å². The van der Waals surface area contributed by atoms with Gasteiger partial charge < -0.3 is 15.0 Å². The lowest BCUT2D eigenvalue weighted by atomic mass is 10.1. The van der Waals surface area contributed by atoms with Gasteiger partial charge in [-0.1, -0.05) is 0 Å². The van der Waals surface area contributed by atoms with Gasteiger partial charge in [-0.25, -0.2) is 9.97 Å². The Morgan fingerprint density at radius 2 is 2.08 bits per heavy atom. The number of nitrogens with zero attached hydrogens (tertiary/aromatic N) is 3. The molecule has 1 aliphatic rings. The number of piperidine rings is 1. The molecular formula is C18H21BrN4O2. The molecule has 1 N–H and O–H groups in total. The fraction of sp³-hybridized carbons (Fsp3) is 0.389. The maximum atomic E-state index is 12.4. The zero-order valence-corrected chi connectivity index (χ0v) is 15.8. The van der Waals surface area contributed by atoms with E-state index in [9.17, 15) is 4.79 Å². The Morgan fingerprint density at radius 1 is 1.28 bits per heavy atom. The quantitative estimate of drug-likeness (QED) is 0.828. The van der Waals surface area contributed by atoms with Gasteiger partial charge in [0.25, 0.3) is 5.91 Å². The number of halogens is 1. The smallest absolute Gasteiger partial charge is 0.252 e. The van der Waals surface area contributed by atoms with Crippen LogP contribution in [0.1, 0.15) is 35.4 Å². The number of hydrogen-bond donors (Lipinski definition) is 1. The first kappa shape index (κ1) is 17.7. The molecule has 0 radical (unpaired) electrons. The maximum absolute atomic E-state index is 12.4. The van der Waals surface area contributed by atoms with Gasteiger partial charge in [0.15, 0.2) is 0 Å². The Balaban J connectivity index is 1.66. The molecule has 0 bridgehead atoms. The van der Waals surface area contributed by atoms with Gasteiger partial charge in [-0.15, -0.1) is 0 Å². The third kappa shape index (κ3) is 4.48. The third-order valence-corrected chi connectivity index (χ3v) is 4.89. The van der Waals surface area contributed by atoms with Crippen LogP contribution in [0.3, 0.4) is 0 Å². The molecule has 7 heteroatoms. The second-order valence-corrected chi connectivity index (χ2v) is 6.76. The normalized spacial score (nSPS) is 14.2. The maximum Gasteiger partial charge on any atom is 0.252 e. The number of anilines is 1. The average molecular weight is 405 g/mol. The SMILES string of the molecule is COc1ccc(Br)c(C(=O)NCc2nccc(N3CCCCC3)n2)c1. The van der Waals surface area contributed by atoms with Crippen LogP contribution in [0, 0.1) is 0 Å². The molecule has 1 aliphatic heterocycles. The molecule has 2 heterocycles. The number of rotatable bonds is 5. The first-order chi connectivity index (χ1) is 12.2. The Bertz CT molecular complexity index is 748. The van der Waals surface area contributed by atoms with Crippen molar-refractivity contribution < 1.29 is 9.53 Å². The molecule has 0 spiro atoms. The molecule has 1 saturated heterocycles. The highest BCUT2D eigenvalue weighted by Crippen LogP contribution is 2.22. The van der Waals surface area contributed by atoms with Crippen molar-refractivity contribution in [1.82, 2.24) is 15.3 Å². The van der Waals surface area contributed by atoms with E-state index < -0.39 is 0 Å². The van der Waals surface area contributed by atoms with E-state index in [1.165, 1.54) is 19.3 Å². The molecule has 0 saturated carbocycles. The monoisotopic (exact) mass is 404 g/mol. The zero-order valence-electron chi connectivity index (χ0n) is 14.2. The van der Waals surface area contributed by atoms with Crippen molar-refractivity contribution in [2.45, 2.75) is 25.8 Å². The topological polar surface area (TPSA) is 67.3 Å². The molecule has 1 aromatic carbocycles. The van der Waals surface area contributed by atoms with Crippen LogP contribution < -0.4 is 15.0 Å². The largest absolute Gasteiger partial charge is 0.497 e. The van der Waals surface area contributed by atoms with Gasteiger partial charge in [-0.2, -0.15) is 0 Å². The lowest BCUT2D eigenvalue weighted by Crippen LogP contribution is -2.31. The van der Waals surface area contributed by atoms with Gasteiger partial charge in [0.1, 0.15) is 17.4 Å². The molecule has 6 nitrogen and oxygen atoms in total. The number of aromatic nitrogens is 2. The summed E-state index contributed by atoms with van der Waals surface area (Å²) in [7, 11) is 1.57. The summed E-state index contributed by atoms with van der Waals surface area (Å²) in [5.41, 5.74) is 0.520. The Kier molecular flexibility index (Phi) is 5.86. The van der Waals surface area contributed by atoms with E-state index in [-0.39, 0.29) is 12.5 Å². The van der Waals surface area contributed by atoms with E-state index in [1.54, 1.807) is 31.5 Å². The average Bonchev–Trinajstić information content (AvgIpc) is 2.67. The number of methoxy groups -OCH3 is 1. The Morgan fingerprint density at radius 3 is 2.84 bits per heavy atom. The molecule has 132 valence electrons. The Hall–Kier alpha value is -2.15. The molecule has 1 amide bonds. The second kappa shape index (κ2) is 8.29. The lowest BCUT2D eigenvalue weighted by Gasteiger charge is -2.27. The minimum Gasteiger partial charge on any atom is -0.497 e. The van der Waals surface area contributed by atoms with Crippen LogP contribution in [-0.2, 0) is 6.54 Å². The summed E-state index contributed by atoms with van der Waals surface area (Å²) < 4.78 is 5.89. The van der Waals surface area contributed by atoms with Crippen molar-refractivity contribution in [2.75, 3.05) is 25.1 Å². The number of nitrogens with one attached hydrogen (secondary N) is 1. The number of benzene rings is 1. The molecule has 0 atom stereocenters. The van der Waals surface area contributed by atoms with Crippen molar-refractivity contribution in [3.05, 3.63) is 46.3 Å². The van der Waals surface area contributed by atoms with Gasteiger partial charge in [0.05, 0.1) is 19.2 Å². The van der Waals surface area contributed by atoms with Crippen molar-refractivity contribution >= 4 is 27.7 Å². The number of carbonyl (C=O) groups excluding carboxylic acids is 1. The summed E-state index contributed by atoms with van der Waals surface area (Å²) in [6.45, 7) is 2.34. The van der Waals surface area contributed by atoms with Gasteiger partial charge in [0, 0.05) is 23.8 Å². The number of ether oxygens (including phenoxy) is 1. The highest BCUT2D eigenvalue weighted by Gasteiger charge is 2.14. The van der Waals surface area contributed by atoms with Crippen molar-refractivity contribution in [2.24, 2.45) is 0 Å². The summed E-state index contributed by atoms with van der Waals surface area (Å²) in [5, 5.41) is 2.87. The van der Waals surface area contributed by atoms with Crippen LogP contribution >= 0.6 is 15.9 Å². The predicted molar refractivity (Wildman–Crippen MR) is 100.0 cm³/mol. The molecule has 25 heavy (non-hydrogen) atoms. The molecule has 2 aromatic rings. The van der Waals surface area contributed by atoms with E-state index in [0.29, 0.717) is 21.6 Å². The van der Waals surface area contributed by atoms with Gasteiger partial charge in [-0.05, 0) is 59.5 Å². The molecular weight excluding hydrogens is 384 g/mol. The summed E-state index contributed by atoms with van der Waals surface area (Å²) in [5.74, 6) is 1.98. The highest BCUT2D eigenvalue weighted by molar-refractivity contribution is 9.10. The third-order valence-electron chi connectivity index (χ3n) is 4.20. The van der Waals surface area contributed by atoms with Gasteiger partial charge in [-0.3, -0.25) is 4.79 Å². The highest BCUT2D eigenvalue weighted by atomic mass is 79.9. The Labute approximate surface area is 155 Å². The number of carbonyl (C=O) groups is 1. The summed E-state index contributed by atoms with van der Waals surface area (Å²) in [6, 6.07) is 7.22. The fourth-order valence-electron chi connectivity index (χ4n) is 2.83. The van der Waals surface area contributed by atoms with Crippen LogP contribution in [0.4, 0.5) is 5.82 Å². The van der Waals surface area contributed by atoms with Gasteiger partial charge >= 0.3 is 0 Å². The summed E-state index contributed by atoms with van der Waals surface area (Å²) in [6.07, 6.45) is 5.42. The van der Waals surface area contributed by atoms with E-state index >= 15 is 0 Å². The van der Waals surface area contributed by atoms with E-state index in [0.717, 1.165) is 18.9 Å². The summed E-state index contributed by atoms with van der Waals surface area (Å²) >= 11 is 3.40. The van der Waals surface area contributed by atoms with E-state index in [1.807, 2.05) is 6.07 Å². The molecule has 1 aromatic heterocycles. The van der Waals surface area contributed by atoms with Crippen LogP contribution in [-0.4, -0.2) is 36.1 Å². The molecule has 3 rings (SSSR count). The van der Waals surface area contributed by atoms with Crippen molar-refractivity contribution in [1.29, 1.82) is 0 Å². The van der Waals surface area contributed by atoms with Crippen molar-refractivity contribution in [3.8, 4) is 5.75 Å². The van der Waals surface area contributed by atoms with E-state index in [2.05, 4.69) is 36.1 Å². The number of amides is 1. The minimum absolute atomic E-state index is 0.197. The fourth-order valence-corrected chi connectivity index (χ4v) is 3.26. The first-order valence-electron chi connectivity index (χ1n) is 8.36. The molecule has 0 aliphatic carbocycles. The molecule has 1 fully saturated rings. The van der Waals surface area contributed by atoms with E-state index in [4.69, 9.17) is 4.74 Å². The van der Waals surface area contributed by atoms with Gasteiger partial charge in [0.2, 0.25) is 0 Å². The number of hydrogen-bond acceptors (Lipinski definition) is 5. The van der Waals surface area contributed by atoms with Crippen LogP contribution in [0.25, 0.3) is 0 Å². The van der Waals surface area contributed by atoms with Crippen LogP contribution in [0.2, 0.25) is 0 Å². The molecule has 0 unspecified atom stereocenters. The minimum atomic E-state index is -0.197.